The van der Waals surface area contributed by atoms with Gasteiger partial charge < -0.3 is 19.9 Å². The number of fused-ring (bicyclic) bond motifs is 1. The number of nitro groups is 1. The lowest BCUT2D eigenvalue weighted by Gasteiger charge is -2.27. The van der Waals surface area contributed by atoms with Crippen LogP contribution in [0.1, 0.15) is 54.0 Å². The largest absolute Gasteiger partial charge is 0.469 e. The molecule has 1 amide bonds. The molecule has 2 heterocycles. The number of anilines is 1. The topological polar surface area (TPSA) is 152 Å². The average molecular weight is 651 g/mol. The third-order valence-corrected chi connectivity index (χ3v) is 8.68. The highest BCUT2D eigenvalue weighted by atomic mass is 16.6. The molecule has 0 bridgehead atoms. The van der Waals surface area contributed by atoms with Crippen LogP contribution in [0.25, 0.3) is 22.0 Å². The van der Waals surface area contributed by atoms with E-state index in [9.17, 15) is 24.5 Å². The van der Waals surface area contributed by atoms with Gasteiger partial charge in [0.1, 0.15) is 6.04 Å². The van der Waals surface area contributed by atoms with Crippen LogP contribution in [0.15, 0.2) is 83.9 Å². The number of hydrogen-bond donors (Lipinski definition) is 2. The molecule has 5 aromatic rings. The van der Waals surface area contributed by atoms with E-state index in [4.69, 9.17) is 4.74 Å². The summed E-state index contributed by atoms with van der Waals surface area (Å²) in [5, 5.41) is 20.5. The van der Waals surface area contributed by atoms with E-state index in [0.717, 1.165) is 27.8 Å². The first-order chi connectivity index (χ1) is 23.0. The quantitative estimate of drug-likeness (QED) is 0.0946. The zero-order chi connectivity index (χ0) is 34.5. The molecule has 0 saturated carbocycles. The molecule has 5 rings (SSSR count). The van der Waals surface area contributed by atoms with Gasteiger partial charge in [0, 0.05) is 68.2 Å². The van der Waals surface area contributed by atoms with Gasteiger partial charge in [-0.05, 0) is 77.2 Å². The number of methoxy groups -OCH3 is 1. The number of carbonyl (C=O) groups excluding carboxylic acids is 2. The predicted molar refractivity (Wildman–Crippen MR) is 184 cm³/mol. The summed E-state index contributed by atoms with van der Waals surface area (Å²) in [4.78, 5) is 54.2. The molecule has 248 valence electrons. The Kier molecular flexibility index (Phi) is 10.0. The lowest BCUT2D eigenvalue weighted by Crippen LogP contribution is -2.35. The second-order valence-electron chi connectivity index (χ2n) is 12.0. The van der Waals surface area contributed by atoms with Gasteiger partial charge in [0.05, 0.1) is 17.7 Å². The summed E-state index contributed by atoms with van der Waals surface area (Å²) < 4.78 is 6.48. The number of aromatic nitrogens is 3. The zero-order valence-electron chi connectivity index (χ0n) is 27.5. The van der Waals surface area contributed by atoms with Gasteiger partial charge in [-0.1, -0.05) is 31.2 Å². The molecule has 12 heteroatoms. The first-order valence-corrected chi connectivity index (χ1v) is 15.5. The number of benzene rings is 3. The zero-order valence-corrected chi connectivity index (χ0v) is 27.5. The molecular formula is C36H38N6O6. The Labute approximate surface area is 277 Å². The van der Waals surface area contributed by atoms with Crippen molar-refractivity contribution in [3.05, 3.63) is 122 Å². The average Bonchev–Trinajstić information content (AvgIpc) is 3.50. The fourth-order valence-electron chi connectivity index (χ4n) is 6.02. The Morgan fingerprint density at radius 3 is 2.58 bits per heavy atom. The van der Waals surface area contributed by atoms with E-state index >= 15 is 0 Å². The first-order valence-electron chi connectivity index (χ1n) is 15.5. The first kappa shape index (κ1) is 33.6. The van der Waals surface area contributed by atoms with Crippen LogP contribution in [0.3, 0.4) is 0 Å². The number of carbonyl (C=O) groups is 2. The van der Waals surface area contributed by atoms with Crippen molar-refractivity contribution in [1.82, 2.24) is 19.7 Å². The number of nitro benzene ring substituents is 1. The monoisotopic (exact) mass is 650 g/mol. The molecule has 0 aliphatic rings. The molecule has 0 spiro atoms. The van der Waals surface area contributed by atoms with Gasteiger partial charge in [-0.25, -0.2) is 0 Å². The molecular weight excluding hydrogens is 612 g/mol. The molecule has 0 fully saturated rings. The lowest BCUT2D eigenvalue weighted by molar-refractivity contribution is -0.384. The summed E-state index contributed by atoms with van der Waals surface area (Å²) >= 11 is 0. The molecule has 0 saturated heterocycles. The molecule has 3 aromatic carbocycles. The third-order valence-electron chi connectivity index (χ3n) is 8.68. The third kappa shape index (κ3) is 7.27. The highest BCUT2D eigenvalue weighted by Crippen LogP contribution is 2.32. The summed E-state index contributed by atoms with van der Waals surface area (Å²) in [5.74, 6) is -0.474. The van der Waals surface area contributed by atoms with Crippen LogP contribution in [-0.4, -0.2) is 50.6 Å². The number of non-ortho nitro benzene ring substituents is 1. The number of likely N-dealkylation sites (N-methyl/N-ethyl adjacent to an activating group) is 1. The second kappa shape index (κ2) is 14.3. The summed E-state index contributed by atoms with van der Waals surface area (Å²) in [6.45, 7) is 4.10. The standard InChI is InChI=1S/C36H38N6O6/c1-22(6-13-33(43)48-5)29-11-8-25(18-23(29)2)34(39-27-9-7-24-14-16-37-35(44)31(24)20-27)36(45)40(3)21-26-19-28(42(46)47)10-12-30(26)32-15-17-38-41(32)4/h7-12,14-20,22,34,39H,6,13,21H2,1-5H3,(H,37,44)/t22-,34?/m0/s1. The molecule has 48 heavy (non-hydrogen) atoms. The summed E-state index contributed by atoms with van der Waals surface area (Å²) in [6.07, 6.45) is 4.14. The van der Waals surface area contributed by atoms with Crippen LogP contribution >= 0.6 is 0 Å². The summed E-state index contributed by atoms with van der Waals surface area (Å²) in [6, 6.07) is 18.5. The van der Waals surface area contributed by atoms with Crippen molar-refractivity contribution in [2.24, 2.45) is 7.05 Å². The van der Waals surface area contributed by atoms with Crippen LogP contribution in [0.4, 0.5) is 11.4 Å². The van der Waals surface area contributed by atoms with E-state index < -0.39 is 11.0 Å². The number of esters is 1. The van der Waals surface area contributed by atoms with Crippen molar-refractivity contribution in [3.8, 4) is 11.3 Å². The van der Waals surface area contributed by atoms with Crippen LogP contribution in [0.5, 0.6) is 0 Å². The fourth-order valence-corrected chi connectivity index (χ4v) is 6.02. The van der Waals surface area contributed by atoms with Crippen LogP contribution in [0.2, 0.25) is 0 Å². The number of ether oxygens (including phenoxy) is 1. The van der Waals surface area contributed by atoms with Gasteiger partial charge in [-0.15, -0.1) is 0 Å². The number of nitrogens with zero attached hydrogens (tertiary/aromatic N) is 4. The van der Waals surface area contributed by atoms with Crippen LogP contribution in [-0.2, 0) is 27.9 Å². The number of nitrogens with one attached hydrogen (secondary N) is 2. The Balaban J connectivity index is 1.51. The van der Waals surface area contributed by atoms with E-state index in [2.05, 4.69) is 15.4 Å². The molecule has 2 atom stereocenters. The predicted octanol–water partition coefficient (Wildman–Crippen LogP) is 6.01. The minimum absolute atomic E-state index is 0.0782. The van der Waals surface area contributed by atoms with Crippen molar-refractivity contribution in [2.45, 2.75) is 45.2 Å². The maximum Gasteiger partial charge on any atom is 0.305 e. The summed E-state index contributed by atoms with van der Waals surface area (Å²) in [7, 11) is 4.81. The van der Waals surface area contributed by atoms with E-state index in [-0.39, 0.29) is 35.6 Å². The van der Waals surface area contributed by atoms with Gasteiger partial charge in [-0.3, -0.25) is 29.2 Å². The Hall–Kier alpha value is -5.78. The summed E-state index contributed by atoms with van der Waals surface area (Å²) in [5.41, 5.74) is 5.02. The fraction of sp³-hybridized carbons (Fsp3) is 0.278. The highest BCUT2D eigenvalue weighted by Gasteiger charge is 2.27. The number of aromatic amines is 1. The maximum absolute atomic E-state index is 14.4. The normalized spacial score (nSPS) is 12.4. The number of rotatable bonds is 12. The van der Waals surface area contributed by atoms with Gasteiger partial charge >= 0.3 is 5.97 Å². The van der Waals surface area contributed by atoms with E-state index in [1.54, 1.807) is 49.4 Å². The molecule has 12 nitrogen and oxygen atoms in total. The van der Waals surface area contributed by atoms with Crippen molar-refractivity contribution >= 4 is 34.0 Å². The van der Waals surface area contributed by atoms with Crippen molar-refractivity contribution in [3.63, 3.8) is 0 Å². The number of pyridine rings is 1. The lowest BCUT2D eigenvalue weighted by atomic mass is 9.90. The minimum Gasteiger partial charge on any atom is -0.469 e. The molecule has 0 radical (unpaired) electrons. The number of hydrogen-bond acceptors (Lipinski definition) is 8. The van der Waals surface area contributed by atoms with Crippen molar-refractivity contribution < 1.29 is 19.2 Å². The van der Waals surface area contributed by atoms with Crippen molar-refractivity contribution in [1.29, 1.82) is 0 Å². The molecule has 2 N–H and O–H groups in total. The Bertz CT molecular complexity index is 2050. The molecule has 0 aliphatic heterocycles. The molecule has 2 aromatic heterocycles. The van der Waals surface area contributed by atoms with E-state index in [1.807, 2.05) is 50.2 Å². The smallest absolute Gasteiger partial charge is 0.305 e. The maximum atomic E-state index is 14.4. The van der Waals surface area contributed by atoms with Gasteiger partial charge in [0.25, 0.3) is 11.2 Å². The Morgan fingerprint density at radius 1 is 1.10 bits per heavy atom. The SMILES string of the molecule is COC(=O)CC[C@H](C)c1ccc(C(Nc2ccc3cc[nH]c(=O)c3c2)C(=O)N(C)Cc2cc([N+](=O)[O-])ccc2-c2ccnn2C)cc1C. The van der Waals surface area contributed by atoms with Crippen LogP contribution < -0.4 is 10.9 Å². The molecule has 1 unspecified atom stereocenters. The highest BCUT2D eigenvalue weighted by molar-refractivity contribution is 5.89. The van der Waals surface area contributed by atoms with Gasteiger partial charge in [-0.2, -0.15) is 5.10 Å². The van der Waals surface area contributed by atoms with E-state index in [1.165, 1.54) is 24.1 Å². The molecule has 0 aliphatic carbocycles. The number of H-pyrrole nitrogens is 1. The van der Waals surface area contributed by atoms with Crippen LogP contribution in [0, 0.1) is 17.0 Å². The number of aryl methyl sites for hydroxylation is 2. The van der Waals surface area contributed by atoms with E-state index in [0.29, 0.717) is 35.0 Å². The minimum atomic E-state index is -0.868. The second-order valence-corrected chi connectivity index (χ2v) is 12.0. The van der Waals surface area contributed by atoms with Gasteiger partial charge in [0.15, 0.2) is 0 Å². The van der Waals surface area contributed by atoms with Gasteiger partial charge in [0.2, 0.25) is 5.91 Å². The Morgan fingerprint density at radius 2 is 1.90 bits per heavy atom. The number of amides is 1. The van der Waals surface area contributed by atoms with Crippen molar-refractivity contribution in [2.75, 3.05) is 19.5 Å².